The van der Waals surface area contributed by atoms with Gasteiger partial charge in [0.25, 0.3) is 6.43 Å². The van der Waals surface area contributed by atoms with Crippen molar-refractivity contribution >= 4 is 0 Å². The van der Waals surface area contributed by atoms with Crippen LogP contribution in [0.15, 0.2) is 0 Å². The molecule has 0 amide bonds. The summed E-state index contributed by atoms with van der Waals surface area (Å²) in [7, 11) is 0. The summed E-state index contributed by atoms with van der Waals surface area (Å²) in [5, 5.41) is 0. The van der Waals surface area contributed by atoms with Crippen LogP contribution in [0, 0.1) is 5.92 Å². The van der Waals surface area contributed by atoms with Crippen molar-refractivity contribution < 1.29 is 13.5 Å². The molecule has 1 aliphatic heterocycles. The van der Waals surface area contributed by atoms with Crippen LogP contribution >= 0.6 is 0 Å². The Morgan fingerprint density at radius 3 is 2.44 bits per heavy atom. The van der Waals surface area contributed by atoms with Gasteiger partial charge in [0, 0.05) is 6.61 Å². The van der Waals surface area contributed by atoms with Gasteiger partial charge < -0.3 is 4.74 Å². The van der Waals surface area contributed by atoms with E-state index >= 15 is 0 Å². The highest BCUT2D eigenvalue weighted by Crippen LogP contribution is 2.24. The van der Waals surface area contributed by atoms with E-state index in [2.05, 4.69) is 0 Å². The molecule has 1 nitrogen and oxygen atoms in total. The van der Waals surface area contributed by atoms with E-state index < -0.39 is 12.5 Å². The normalized spacial score (nSPS) is 36.0. The van der Waals surface area contributed by atoms with Crippen molar-refractivity contribution in [2.45, 2.75) is 25.9 Å². The second kappa shape index (κ2) is 2.60. The minimum Gasteiger partial charge on any atom is -0.372 e. The standard InChI is InChI=1S/C6H10F2O/c1-4-2-3-9-5(4)6(7)8/h4-6H,2-3H2,1H3. The Bertz CT molecular complexity index is 95.1. The van der Waals surface area contributed by atoms with Crippen molar-refractivity contribution in [3.63, 3.8) is 0 Å². The van der Waals surface area contributed by atoms with Crippen molar-refractivity contribution in [2.75, 3.05) is 6.61 Å². The van der Waals surface area contributed by atoms with Crippen LogP contribution in [-0.2, 0) is 4.74 Å². The molecule has 0 aromatic heterocycles. The maximum absolute atomic E-state index is 11.9. The zero-order valence-corrected chi connectivity index (χ0v) is 5.31. The molecule has 0 radical (unpaired) electrons. The zero-order chi connectivity index (χ0) is 6.85. The molecule has 3 heteroatoms. The van der Waals surface area contributed by atoms with Crippen LogP contribution in [-0.4, -0.2) is 19.1 Å². The van der Waals surface area contributed by atoms with Crippen LogP contribution in [0.3, 0.4) is 0 Å². The number of alkyl halides is 2. The number of halogens is 2. The smallest absolute Gasteiger partial charge is 0.264 e. The Labute approximate surface area is 53.0 Å². The molecule has 1 heterocycles. The first kappa shape index (κ1) is 6.93. The molecule has 0 spiro atoms. The molecule has 2 unspecified atom stereocenters. The van der Waals surface area contributed by atoms with Gasteiger partial charge in [-0.05, 0) is 12.3 Å². The predicted molar refractivity (Wildman–Crippen MR) is 29.5 cm³/mol. The molecule has 0 aromatic rings. The van der Waals surface area contributed by atoms with E-state index in [4.69, 9.17) is 4.74 Å². The van der Waals surface area contributed by atoms with Crippen molar-refractivity contribution in [1.82, 2.24) is 0 Å². The monoisotopic (exact) mass is 136 g/mol. The fourth-order valence-corrected chi connectivity index (χ4v) is 1.04. The first-order chi connectivity index (χ1) is 4.22. The average Bonchev–Trinajstić information content (AvgIpc) is 2.13. The van der Waals surface area contributed by atoms with Crippen LogP contribution in [0.2, 0.25) is 0 Å². The maximum atomic E-state index is 11.9. The van der Waals surface area contributed by atoms with Crippen LogP contribution in [0.5, 0.6) is 0 Å². The van der Waals surface area contributed by atoms with Gasteiger partial charge >= 0.3 is 0 Å². The van der Waals surface area contributed by atoms with E-state index in [0.717, 1.165) is 6.42 Å². The lowest BCUT2D eigenvalue weighted by Crippen LogP contribution is -2.22. The highest BCUT2D eigenvalue weighted by atomic mass is 19.3. The minimum absolute atomic E-state index is 0.0324. The molecule has 1 saturated heterocycles. The molecule has 9 heavy (non-hydrogen) atoms. The van der Waals surface area contributed by atoms with E-state index in [0.29, 0.717) is 6.61 Å². The lowest BCUT2D eigenvalue weighted by Gasteiger charge is -2.11. The van der Waals surface area contributed by atoms with E-state index in [-0.39, 0.29) is 5.92 Å². The molecule has 54 valence electrons. The van der Waals surface area contributed by atoms with Crippen LogP contribution in [0.4, 0.5) is 8.78 Å². The number of ether oxygens (including phenoxy) is 1. The third-order valence-corrected chi connectivity index (χ3v) is 1.69. The molecule has 0 aromatic carbocycles. The molecule has 0 bridgehead atoms. The molecule has 0 aliphatic carbocycles. The van der Waals surface area contributed by atoms with Crippen molar-refractivity contribution in [3.05, 3.63) is 0 Å². The third kappa shape index (κ3) is 1.39. The average molecular weight is 136 g/mol. The predicted octanol–water partition coefficient (Wildman–Crippen LogP) is 1.68. The Morgan fingerprint density at radius 2 is 2.22 bits per heavy atom. The Kier molecular flexibility index (Phi) is 2.01. The second-order valence-corrected chi connectivity index (χ2v) is 2.44. The first-order valence-electron chi connectivity index (χ1n) is 3.11. The fourth-order valence-electron chi connectivity index (χ4n) is 1.04. The number of rotatable bonds is 1. The summed E-state index contributed by atoms with van der Waals surface area (Å²) >= 11 is 0. The van der Waals surface area contributed by atoms with Crippen LogP contribution < -0.4 is 0 Å². The molecule has 1 fully saturated rings. The highest BCUT2D eigenvalue weighted by Gasteiger charge is 2.31. The van der Waals surface area contributed by atoms with Gasteiger partial charge in [0.15, 0.2) is 0 Å². The summed E-state index contributed by atoms with van der Waals surface area (Å²) in [6.07, 6.45) is -2.33. The van der Waals surface area contributed by atoms with Crippen molar-refractivity contribution in [3.8, 4) is 0 Å². The summed E-state index contributed by atoms with van der Waals surface area (Å²) in [4.78, 5) is 0. The van der Waals surface area contributed by atoms with Gasteiger partial charge in [-0.1, -0.05) is 6.92 Å². The largest absolute Gasteiger partial charge is 0.372 e. The number of hydrogen-bond donors (Lipinski definition) is 0. The Morgan fingerprint density at radius 1 is 1.56 bits per heavy atom. The summed E-state index contributed by atoms with van der Waals surface area (Å²) < 4.78 is 28.5. The molecular weight excluding hydrogens is 126 g/mol. The van der Waals surface area contributed by atoms with E-state index in [9.17, 15) is 8.78 Å². The van der Waals surface area contributed by atoms with Gasteiger partial charge in [0.05, 0.1) is 0 Å². The lowest BCUT2D eigenvalue weighted by molar-refractivity contribution is -0.0366. The van der Waals surface area contributed by atoms with Gasteiger partial charge in [-0.3, -0.25) is 0 Å². The van der Waals surface area contributed by atoms with Gasteiger partial charge in [0.1, 0.15) is 6.10 Å². The van der Waals surface area contributed by atoms with Crippen LogP contribution in [0.25, 0.3) is 0 Å². The second-order valence-electron chi connectivity index (χ2n) is 2.44. The molecule has 1 aliphatic rings. The van der Waals surface area contributed by atoms with Crippen molar-refractivity contribution in [2.24, 2.45) is 5.92 Å². The van der Waals surface area contributed by atoms with Gasteiger partial charge in [-0.15, -0.1) is 0 Å². The molecule has 0 N–H and O–H groups in total. The van der Waals surface area contributed by atoms with E-state index in [1.807, 2.05) is 0 Å². The summed E-state index contributed by atoms with van der Waals surface area (Å²) in [5.41, 5.74) is 0. The summed E-state index contributed by atoms with van der Waals surface area (Å²) in [6, 6.07) is 0. The molecular formula is C6H10F2O. The fraction of sp³-hybridized carbons (Fsp3) is 1.00. The number of hydrogen-bond acceptors (Lipinski definition) is 1. The van der Waals surface area contributed by atoms with E-state index in [1.165, 1.54) is 0 Å². The van der Waals surface area contributed by atoms with Crippen molar-refractivity contribution in [1.29, 1.82) is 0 Å². The quantitative estimate of drug-likeness (QED) is 0.532. The van der Waals surface area contributed by atoms with Gasteiger partial charge in [-0.2, -0.15) is 0 Å². The Hall–Kier alpha value is -0.180. The van der Waals surface area contributed by atoms with E-state index in [1.54, 1.807) is 6.92 Å². The summed E-state index contributed by atoms with van der Waals surface area (Å²) in [5.74, 6) is 0.0324. The maximum Gasteiger partial charge on any atom is 0.264 e. The highest BCUT2D eigenvalue weighted by molar-refractivity contribution is 4.73. The minimum atomic E-state index is -2.30. The molecule has 1 rings (SSSR count). The first-order valence-corrected chi connectivity index (χ1v) is 3.11. The Balaban J connectivity index is 2.40. The lowest BCUT2D eigenvalue weighted by atomic mass is 10.1. The SMILES string of the molecule is CC1CCOC1C(F)F. The molecule has 0 saturated carbocycles. The van der Waals surface area contributed by atoms with Gasteiger partial charge in [-0.25, -0.2) is 8.78 Å². The van der Waals surface area contributed by atoms with Gasteiger partial charge in [0.2, 0.25) is 0 Å². The zero-order valence-electron chi connectivity index (χ0n) is 5.31. The summed E-state index contributed by atoms with van der Waals surface area (Å²) in [6.45, 7) is 2.29. The molecule has 2 atom stereocenters. The topological polar surface area (TPSA) is 9.23 Å². The van der Waals surface area contributed by atoms with Crippen LogP contribution in [0.1, 0.15) is 13.3 Å². The third-order valence-electron chi connectivity index (χ3n) is 1.69.